The molecule has 0 saturated carbocycles. The molecule has 1 heterocycles. The fourth-order valence-corrected chi connectivity index (χ4v) is 4.39. The third-order valence-electron chi connectivity index (χ3n) is 4.95. The number of hydrogen-bond donors (Lipinski definition) is 3. The largest absolute Gasteiger partial charge is 0.326 e. The molecule has 1 aliphatic carbocycles. The van der Waals surface area contributed by atoms with Gasteiger partial charge in [0, 0.05) is 41.7 Å². The normalized spacial score (nSPS) is 12.2. The number of hydrogen-bond acceptors (Lipinski definition) is 5. The number of nitrogens with zero attached hydrogens (tertiary/aromatic N) is 1. The minimum absolute atomic E-state index is 0.273. The molecule has 0 bridgehead atoms. The Hall–Kier alpha value is -3.52. The topological polar surface area (TPSA) is 100 Å². The van der Waals surface area contributed by atoms with E-state index in [0.717, 1.165) is 24.1 Å². The molecule has 3 N–H and O–H groups in total. The second-order valence-electron chi connectivity index (χ2n) is 7.49. The van der Waals surface area contributed by atoms with Crippen molar-refractivity contribution in [3.8, 4) is 11.3 Å². The summed E-state index contributed by atoms with van der Waals surface area (Å²) in [5, 5.41) is 10.5. The highest BCUT2D eigenvalue weighted by molar-refractivity contribution is 7.14. The van der Waals surface area contributed by atoms with Crippen molar-refractivity contribution in [2.24, 2.45) is 0 Å². The van der Waals surface area contributed by atoms with E-state index in [1.54, 1.807) is 18.2 Å². The summed E-state index contributed by atoms with van der Waals surface area (Å²) in [5.41, 5.74) is 5.77. The van der Waals surface area contributed by atoms with E-state index in [0.29, 0.717) is 22.1 Å². The molecule has 31 heavy (non-hydrogen) atoms. The van der Waals surface area contributed by atoms with Gasteiger partial charge in [-0.3, -0.25) is 19.7 Å². The summed E-state index contributed by atoms with van der Waals surface area (Å²) in [4.78, 5) is 40.2. The van der Waals surface area contributed by atoms with Gasteiger partial charge >= 0.3 is 0 Å². The van der Waals surface area contributed by atoms with Crippen molar-refractivity contribution in [2.75, 3.05) is 16.0 Å². The van der Waals surface area contributed by atoms with E-state index >= 15 is 0 Å². The second-order valence-corrected chi connectivity index (χ2v) is 8.35. The van der Waals surface area contributed by atoms with Crippen LogP contribution in [0.25, 0.3) is 11.3 Å². The predicted octanol–water partition coefficient (Wildman–Crippen LogP) is 4.47. The molecule has 0 atom stereocenters. The van der Waals surface area contributed by atoms with E-state index in [1.165, 1.54) is 42.7 Å². The Balaban J connectivity index is 1.54. The van der Waals surface area contributed by atoms with E-state index in [2.05, 4.69) is 39.1 Å². The Kier molecular flexibility index (Phi) is 5.81. The summed E-state index contributed by atoms with van der Waals surface area (Å²) < 4.78 is 0. The van der Waals surface area contributed by atoms with Crippen LogP contribution in [-0.4, -0.2) is 22.7 Å². The lowest BCUT2D eigenvalue weighted by molar-refractivity contribution is -0.115. The van der Waals surface area contributed by atoms with Crippen LogP contribution in [-0.2, 0) is 22.4 Å². The Morgan fingerprint density at radius 1 is 0.871 bits per heavy atom. The average molecular weight is 435 g/mol. The third kappa shape index (κ3) is 4.97. The van der Waals surface area contributed by atoms with Gasteiger partial charge < -0.3 is 10.6 Å². The zero-order chi connectivity index (χ0) is 22.0. The highest BCUT2D eigenvalue weighted by Crippen LogP contribution is 2.30. The first-order valence-electron chi connectivity index (χ1n) is 9.97. The van der Waals surface area contributed by atoms with E-state index in [1.807, 2.05) is 5.38 Å². The predicted molar refractivity (Wildman–Crippen MR) is 123 cm³/mol. The number of benzene rings is 2. The standard InChI is InChI=1S/C23H22N4O3S/c1-13(28)24-19-9-18(10-20(11-19)25-14(2)29)22(30)27-23-26-21(12-31-23)17-7-6-15-4-3-5-16(15)8-17/h6-12H,3-5H2,1-2H3,(H,24,28)(H,25,29)(H,26,27,30). The smallest absolute Gasteiger partial charge is 0.257 e. The molecule has 1 aromatic heterocycles. The fourth-order valence-electron chi connectivity index (χ4n) is 3.67. The third-order valence-corrected chi connectivity index (χ3v) is 5.71. The van der Waals surface area contributed by atoms with Gasteiger partial charge in [0.1, 0.15) is 0 Å². The maximum Gasteiger partial charge on any atom is 0.257 e. The average Bonchev–Trinajstić information content (AvgIpc) is 3.35. The van der Waals surface area contributed by atoms with E-state index in [4.69, 9.17) is 0 Å². The molecule has 0 radical (unpaired) electrons. The molecular formula is C23H22N4O3S. The maximum absolute atomic E-state index is 12.8. The Morgan fingerprint density at radius 2 is 1.55 bits per heavy atom. The lowest BCUT2D eigenvalue weighted by Crippen LogP contribution is -2.15. The molecule has 2 aromatic carbocycles. The SMILES string of the molecule is CC(=O)Nc1cc(NC(C)=O)cc(C(=O)Nc2nc(-c3ccc4c(c3)CCC4)cs2)c1. The molecule has 0 saturated heterocycles. The van der Waals surface area contributed by atoms with Gasteiger partial charge in [0.2, 0.25) is 11.8 Å². The molecule has 0 spiro atoms. The molecule has 158 valence electrons. The first-order valence-corrected chi connectivity index (χ1v) is 10.8. The first kappa shape index (κ1) is 20.7. The molecule has 1 aliphatic rings. The van der Waals surface area contributed by atoms with Crippen LogP contribution in [0.2, 0.25) is 0 Å². The van der Waals surface area contributed by atoms with E-state index in [9.17, 15) is 14.4 Å². The van der Waals surface area contributed by atoms with Crippen molar-refractivity contribution in [3.63, 3.8) is 0 Å². The minimum Gasteiger partial charge on any atom is -0.326 e. The number of aryl methyl sites for hydroxylation is 2. The van der Waals surface area contributed by atoms with Crippen molar-refractivity contribution in [1.82, 2.24) is 4.98 Å². The van der Waals surface area contributed by atoms with Crippen LogP contribution in [0.15, 0.2) is 41.8 Å². The molecule has 3 amide bonds. The summed E-state index contributed by atoms with van der Waals surface area (Å²) in [5.74, 6) is -0.927. The van der Waals surface area contributed by atoms with Crippen LogP contribution in [0.1, 0.15) is 41.8 Å². The van der Waals surface area contributed by atoms with Crippen LogP contribution in [0.3, 0.4) is 0 Å². The summed E-state index contributed by atoms with van der Waals surface area (Å²) >= 11 is 1.35. The number of aromatic nitrogens is 1. The van der Waals surface area contributed by atoms with Gasteiger partial charge in [-0.05, 0) is 54.7 Å². The lowest BCUT2D eigenvalue weighted by atomic mass is 10.1. The van der Waals surface area contributed by atoms with Crippen LogP contribution in [0.4, 0.5) is 16.5 Å². The zero-order valence-electron chi connectivity index (χ0n) is 17.2. The van der Waals surface area contributed by atoms with E-state index < -0.39 is 0 Å². The highest BCUT2D eigenvalue weighted by atomic mass is 32.1. The quantitative estimate of drug-likeness (QED) is 0.552. The van der Waals surface area contributed by atoms with Crippen molar-refractivity contribution < 1.29 is 14.4 Å². The number of amides is 3. The van der Waals surface area contributed by atoms with Gasteiger partial charge in [-0.15, -0.1) is 11.3 Å². The molecule has 8 heteroatoms. The van der Waals surface area contributed by atoms with Gasteiger partial charge in [-0.2, -0.15) is 0 Å². The number of fused-ring (bicyclic) bond motifs is 1. The van der Waals surface area contributed by atoms with Crippen molar-refractivity contribution in [2.45, 2.75) is 33.1 Å². The van der Waals surface area contributed by atoms with Crippen LogP contribution in [0.5, 0.6) is 0 Å². The molecule has 0 fully saturated rings. The second kappa shape index (κ2) is 8.69. The number of thiazole rings is 1. The first-order chi connectivity index (χ1) is 14.9. The number of rotatable bonds is 5. The minimum atomic E-state index is -0.381. The van der Waals surface area contributed by atoms with Crippen LogP contribution < -0.4 is 16.0 Å². The molecule has 0 unspecified atom stereocenters. The Bertz CT molecular complexity index is 1150. The number of carbonyl (C=O) groups excluding carboxylic acids is 3. The number of anilines is 3. The highest BCUT2D eigenvalue weighted by Gasteiger charge is 2.15. The Morgan fingerprint density at radius 3 is 2.23 bits per heavy atom. The van der Waals surface area contributed by atoms with Crippen LogP contribution in [0, 0.1) is 0 Å². The summed E-state index contributed by atoms with van der Waals surface area (Å²) in [7, 11) is 0. The zero-order valence-corrected chi connectivity index (χ0v) is 18.1. The van der Waals surface area contributed by atoms with E-state index in [-0.39, 0.29) is 17.7 Å². The summed E-state index contributed by atoms with van der Waals surface area (Å²) in [6.07, 6.45) is 3.42. The van der Waals surface area contributed by atoms with Gasteiger partial charge in [-0.25, -0.2) is 4.98 Å². The lowest BCUT2D eigenvalue weighted by Gasteiger charge is -2.10. The number of nitrogens with one attached hydrogen (secondary N) is 3. The molecule has 4 rings (SSSR count). The molecule has 7 nitrogen and oxygen atoms in total. The molecule has 3 aromatic rings. The molecule has 0 aliphatic heterocycles. The fraction of sp³-hybridized carbons (Fsp3) is 0.217. The van der Waals surface area contributed by atoms with Crippen molar-refractivity contribution in [1.29, 1.82) is 0 Å². The molecular weight excluding hydrogens is 412 g/mol. The van der Waals surface area contributed by atoms with Gasteiger partial charge in [0.15, 0.2) is 5.13 Å². The number of carbonyl (C=O) groups is 3. The summed E-state index contributed by atoms with van der Waals surface area (Å²) in [6.45, 7) is 2.75. The van der Waals surface area contributed by atoms with Gasteiger partial charge in [0.05, 0.1) is 5.69 Å². The maximum atomic E-state index is 12.8. The van der Waals surface area contributed by atoms with Crippen molar-refractivity contribution >= 4 is 45.6 Å². The van der Waals surface area contributed by atoms with Gasteiger partial charge in [0.25, 0.3) is 5.91 Å². The van der Waals surface area contributed by atoms with Crippen molar-refractivity contribution in [3.05, 3.63) is 58.5 Å². The Labute approximate surface area is 183 Å². The summed E-state index contributed by atoms with van der Waals surface area (Å²) in [6, 6.07) is 11.1. The monoisotopic (exact) mass is 434 g/mol. The van der Waals surface area contributed by atoms with Crippen LogP contribution >= 0.6 is 11.3 Å². The van der Waals surface area contributed by atoms with Gasteiger partial charge in [-0.1, -0.05) is 12.1 Å².